The minimum absolute atomic E-state index is 0.0463. The van der Waals surface area contributed by atoms with E-state index in [9.17, 15) is 4.79 Å². The van der Waals surface area contributed by atoms with Crippen molar-refractivity contribution in [1.82, 2.24) is 0 Å². The maximum Gasteiger partial charge on any atom is 0.231 e. The molecule has 1 atom stereocenters. The zero-order valence-corrected chi connectivity index (χ0v) is 13.1. The molecule has 0 saturated carbocycles. The zero-order valence-electron chi connectivity index (χ0n) is 11.5. The molecule has 2 aromatic rings. The molecule has 0 aromatic heterocycles. The molecule has 1 amide bonds. The molecule has 0 saturated heterocycles. The third-order valence-corrected chi connectivity index (χ3v) is 3.92. The van der Waals surface area contributed by atoms with E-state index < -0.39 is 0 Å². The van der Waals surface area contributed by atoms with Crippen molar-refractivity contribution >= 4 is 27.5 Å². The molecule has 0 radical (unpaired) electrons. The lowest BCUT2D eigenvalue weighted by atomic mass is 9.93. The number of rotatable bonds is 5. The van der Waals surface area contributed by atoms with Crippen molar-refractivity contribution in [3.63, 3.8) is 0 Å². The standard InChI is InChI=1S/C17H18BrNO/c1-2-8-14(13-9-4-3-5-10-13)17(20)19-16-12-7-6-11-15(16)18/h3-7,9-12,14H,2,8H2,1H3,(H,19,20). The van der Waals surface area contributed by atoms with Crippen LogP contribution in [0.4, 0.5) is 5.69 Å². The molecule has 104 valence electrons. The van der Waals surface area contributed by atoms with Gasteiger partial charge in [-0.15, -0.1) is 0 Å². The molecule has 0 heterocycles. The lowest BCUT2D eigenvalue weighted by Gasteiger charge is -2.17. The number of hydrogen-bond donors (Lipinski definition) is 1. The van der Waals surface area contributed by atoms with E-state index in [-0.39, 0.29) is 11.8 Å². The lowest BCUT2D eigenvalue weighted by molar-refractivity contribution is -0.117. The second kappa shape index (κ2) is 7.25. The van der Waals surface area contributed by atoms with Crippen LogP contribution in [0.2, 0.25) is 0 Å². The van der Waals surface area contributed by atoms with Crippen LogP contribution in [0.15, 0.2) is 59.1 Å². The fourth-order valence-electron chi connectivity index (χ4n) is 2.21. The van der Waals surface area contributed by atoms with E-state index in [4.69, 9.17) is 0 Å². The first-order valence-corrected chi connectivity index (χ1v) is 7.62. The molecule has 0 aliphatic heterocycles. The van der Waals surface area contributed by atoms with Crippen LogP contribution in [0, 0.1) is 0 Å². The first-order valence-electron chi connectivity index (χ1n) is 6.82. The second-order valence-corrected chi connectivity index (χ2v) is 5.58. The van der Waals surface area contributed by atoms with E-state index in [1.165, 1.54) is 0 Å². The van der Waals surface area contributed by atoms with Gasteiger partial charge in [0.05, 0.1) is 11.6 Å². The summed E-state index contributed by atoms with van der Waals surface area (Å²) in [5.41, 5.74) is 1.88. The van der Waals surface area contributed by atoms with Gasteiger partial charge in [-0.2, -0.15) is 0 Å². The summed E-state index contributed by atoms with van der Waals surface area (Å²) in [6.45, 7) is 2.10. The van der Waals surface area contributed by atoms with Gasteiger partial charge < -0.3 is 5.32 Å². The van der Waals surface area contributed by atoms with Gasteiger partial charge in [0.2, 0.25) is 5.91 Å². The van der Waals surface area contributed by atoms with Crippen molar-refractivity contribution in [3.05, 3.63) is 64.6 Å². The number of hydrogen-bond acceptors (Lipinski definition) is 1. The summed E-state index contributed by atoms with van der Waals surface area (Å²) in [6.07, 6.45) is 1.82. The molecule has 20 heavy (non-hydrogen) atoms. The van der Waals surface area contributed by atoms with E-state index in [1.54, 1.807) is 0 Å². The smallest absolute Gasteiger partial charge is 0.231 e. The van der Waals surface area contributed by atoms with Crippen molar-refractivity contribution in [3.8, 4) is 0 Å². The summed E-state index contributed by atoms with van der Waals surface area (Å²) in [6, 6.07) is 17.6. The number of para-hydroxylation sites is 1. The Hall–Kier alpha value is -1.61. The molecule has 0 spiro atoms. The van der Waals surface area contributed by atoms with Gasteiger partial charge in [-0.05, 0) is 40.0 Å². The van der Waals surface area contributed by atoms with Gasteiger partial charge >= 0.3 is 0 Å². The molecule has 0 fully saturated rings. The highest BCUT2D eigenvalue weighted by molar-refractivity contribution is 9.10. The molecule has 3 heteroatoms. The molecule has 2 nitrogen and oxygen atoms in total. The lowest BCUT2D eigenvalue weighted by Crippen LogP contribution is -2.21. The molecule has 2 aromatic carbocycles. The van der Waals surface area contributed by atoms with Gasteiger partial charge in [0, 0.05) is 4.47 Å². The number of carbonyl (C=O) groups is 1. The third-order valence-electron chi connectivity index (χ3n) is 3.23. The maximum atomic E-state index is 12.5. The van der Waals surface area contributed by atoms with Crippen LogP contribution in [0.5, 0.6) is 0 Å². The Morgan fingerprint density at radius 3 is 2.40 bits per heavy atom. The van der Waals surface area contributed by atoms with Gasteiger partial charge in [0.25, 0.3) is 0 Å². The largest absolute Gasteiger partial charge is 0.325 e. The van der Waals surface area contributed by atoms with Crippen molar-refractivity contribution in [2.75, 3.05) is 5.32 Å². The normalized spacial score (nSPS) is 11.9. The van der Waals surface area contributed by atoms with Crippen molar-refractivity contribution in [1.29, 1.82) is 0 Å². The van der Waals surface area contributed by atoms with E-state index >= 15 is 0 Å². The van der Waals surface area contributed by atoms with Crippen LogP contribution >= 0.6 is 15.9 Å². The SMILES string of the molecule is CCCC(C(=O)Nc1ccccc1Br)c1ccccc1. The van der Waals surface area contributed by atoms with Gasteiger partial charge in [0.1, 0.15) is 0 Å². The Labute approximate surface area is 128 Å². The van der Waals surface area contributed by atoms with Gasteiger partial charge in [-0.3, -0.25) is 4.79 Å². The van der Waals surface area contributed by atoms with Gasteiger partial charge in [-0.1, -0.05) is 55.8 Å². The van der Waals surface area contributed by atoms with Crippen LogP contribution in [0.25, 0.3) is 0 Å². The first kappa shape index (κ1) is 14.8. The number of carbonyl (C=O) groups excluding carboxylic acids is 1. The number of amides is 1. The summed E-state index contributed by atoms with van der Waals surface area (Å²) in [7, 11) is 0. The number of benzene rings is 2. The number of nitrogens with one attached hydrogen (secondary N) is 1. The predicted octanol–water partition coefficient (Wildman–Crippen LogP) is 4.97. The fraction of sp³-hybridized carbons (Fsp3) is 0.235. The monoisotopic (exact) mass is 331 g/mol. The first-order chi connectivity index (χ1) is 9.72. The Morgan fingerprint density at radius 1 is 1.10 bits per heavy atom. The highest BCUT2D eigenvalue weighted by atomic mass is 79.9. The summed E-state index contributed by atoms with van der Waals surface area (Å²) in [4.78, 5) is 12.5. The van der Waals surface area contributed by atoms with E-state index in [2.05, 4.69) is 28.2 Å². The third kappa shape index (κ3) is 3.70. The molecular weight excluding hydrogens is 314 g/mol. The summed E-state index contributed by atoms with van der Waals surface area (Å²) in [5, 5.41) is 3.01. The Kier molecular flexibility index (Phi) is 5.36. The highest BCUT2D eigenvalue weighted by Crippen LogP contribution is 2.26. The summed E-state index contributed by atoms with van der Waals surface area (Å²) < 4.78 is 0.900. The maximum absolute atomic E-state index is 12.5. The summed E-state index contributed by atoms with van der Waals surface area (Å²) in [5.74, 6) is -0.0572. The minimum atomic E-state index is -0.103. The summed E-state index contributed by atoms with van der Waals surface area (Å²) >= 11 is 3.45. The van der Waals surface area contributed by atoms with Crippen molar-refractivity contribution in [2.45, 2.75) is 25.7 Å². The topological polar surface area (TPSA) is 29.1 Å². The highest BCUT2D eigenvalue weighted by Gasteiger charge is 2.20. The van der Waals surface area contributed by atoms with Gasteiger partial charge in [0.15, 0.2) is 0 Å². The van der Waals surface area contributed by atoms with Crippen LogP contribution in [0.1, 0.15) is 31.2 Å². The molecular formula is C17H18BrNO. The molecule has 1 N–H and O–H groups in total. The van der Waals surface area contributed by atoms with Crippen LogP contribution < -0.4 is 5.32 Å². The molecule has 0 aliphatic carbocycles. The quantitative estimate of drug-likeness (QED) is 0.823. The zero-order chi connectivity index (χ0) is 14.4. The van der Waals surface area contributed by atoms with Crippen LogP contribution in [-0.2, 0) is 4.79 Å². The Morgan fingerprint density at radius 2 is 1.75 bits per heavy atom. The average molecular weight is 332 g/mol. The predicted molar refractivity (Wildman–Crippen MR) is 86.9 cm³/mol. The number of halogens is 1. The molecule has 1 unspecified atom stereocenters. The van der Waals surface area contributed by atoms with E-state index in [1.807, 2.05) is 54.6 Å². The van der Waals surface area contributed by atoms with Crippen LogP contribution in [-0.4, -0.2) is 5.91 Å². The molecule has 0 aliphatic rings. The molecule has 2 rings (SSSR count). The number of anilines is 1. The molecule has 0 bridgehead atoms. The van der Waals surface area contributed by atoms with Crippen LogP contribution in [0.3, 0.4) is 0 Å². The Bertz CT molecular complexity index is 568. The van der Waals surface area contributed by atoms with E-state index in [0.717, 1.165) is 28.6 Å². The van der Waals surface area contributed by atoms with Gasteiger partial charge in [-0.25, -0.2) is 0 Å². The van der Waals surface area contributed by atoms with Crippen molar-refractivity contribution in [2.24, 2.45) is 0 Å². The van der Waals surface area contributed by atoms with Crippen molar-refractivity contribution < 1.29 is 4.79 Å². The fourth-order valence-corrected chi connectivity index (χ4v) is 2.59. The minimum Gasteiger partial charge on any atom is -0.325 e. The second-order valence-electron chi connectivity index (χ2n) is 4.72. The Balaban J connectivity index is 2.18. The van der Waals surface area contributed by atoms with E-state index in [0.29, 0.717) is 0 Å². The average Bonchev–Trinajstić information content (AvgIpc) is 2.48.